The van der Waals surface area contributed by atoms with Gasteiger partial charge in [0.1, 0.15) is 6.04 Å². The number of carbonyl (C=O) groups is 2. The summed E-state index contributed by atoms with van der Waals surface area (Å²) in [5.74, 6) is -0.202. The van der Waals surface area contributed by atoms with E-state index < -0.39 is 6.04 Å². The normalized spacial score (nSPS) is 18.8. The average Bonchev–Trinajstić information content (AvgIpc) is 2.82. The van der Waals surface area contributed by atoms with Gasteiger partial charge in [0.05, 0.1) is 6.42 Å². The van der Waals surface area contributed by atoms with Gasteiger partial charge in [-0.05, 0) is 48.6 Å². The van der Waals surface area contributed by atoms with Crippen LogP contribution in [0.2, 0.25) is 5.02 Å². The lowest BCUT2D eigenvalue weighted by molar-refractivity contribution is -0.137. The summed E-state index contributed by atoms with van der Waals surface area (Å²) in [5.41, 5.74) is 1.95. The molecule has 2 aliphatic heterocycles. The van der Waals surface area contributed by atoms with Crippen LogP contribution in [-0.2, 0) is 9.59 Å². The molecule has 2 aromatic carbocycles. The highest BCUT2D eigenvalue weighted by Gasteiger charge is 2.35. The molecule has 9 heteroatoms. The van der Waals surface area contributed by atoms with E-state index >= 15 is 0 Å². The Morgan fingerprint density at radius 3 is 2.41 bits per heavy atom. The number of benzene rings is 2. The van der Waals surface area contributed by atoms with Gasteiger partial charge in [-0.2, -0.15) is 0 Å². The van der Waals surface area contributed by atoms with Crippen molar-refractivity contribution in [3.05, 3.63) is 59.6 Å². The summed E-state index contributed by atoms with van der Waals surface area (Å²) < 4.78 is 0. The Balaban J connectivity index is 1.36. The first-order chi connectivity index (χ1) is 15.5. The lowest BCUT2D eigenvalue weighted by atomic mass is 10.1. The number of piperazine rings is 2. The number of anilines is 2. The highest BCUT2D eigenvalue weighted by atomic mass is 35.5. The first-order valence-electron chi connectivity index (χ1n) is 10.7. The highest BCUT2D eigenvalue weighted by molar-refractivity contribution is 7.80. The van der Waals surface area contributed by atoms with Crippen LogP contribution in [-0.4, -0.2) is 72.0 Å². The Kier molecular flexibility index (Phi) is 7.12. The second-order valence-corrected chi connectivity index (χ2v) is 8.67. The lowest BCUT2D eigenvalue weighted by Crippen LogP contribution is -2.60. The van der Waals surface area contributed by atoms with Crippen LogP contribution in [0.15, 0.2) is 54.6 Å². The molecule has 0 saturated carbocycles. The molecule has 0 radical (unpaired) electrons. The minimum absolute atomic E-state index is 0.0287. The summed E-state index contributed by atoms with van der Waals surface area (Å²) in [7, 11) is 0. The van der Waals surface area contributed by atoms with Crippen molar-refractivity contribution in [1.82, 2.24) is 15.1 Å². The minimum atomic E-state index is -0.629. The van der Waals surface area contributed by atoms with Crippen LogP contribution in [0.1, 0.15) is 6.42 Å². The molecule has 0 aliphatic carbocycles. The molecular weight excluding hydrogens is 446 g/mol. The maximum absolute atomic E-state index is 13.0. The topological polar surface area (TPSA) is 67.9 Å². The summed E-state index contributed by atoms with van der Waals surface area (Å²) in [4.78, 5) is 31.6. The van der Waals surface area contributed by atoms with E-state index in [1.165, 1.54) is 0 Å². The van der Waals surface area contributed by atoms with Crippen LogP contribution in [0, 0.1) is 0 Å². The Labute approximate surface area is 198 Å². The summed E-state index contributed by atoms with van der Waals surface area (Å²) in [5, 5.41) is 7.07. The van der Waals surface area contributed by atoms with E-state index in [0.29, 0.717) is 36.3 Å². The fraction of sp³-hybridized carbons (Fsp3) is 0.348. The SMILES string of the molecule is O=C1NCCN(C(=S)Nc2ccc(Cl)cc2)[C@@H]1CC(=O)N1CCN(c2ccccc2)CC1. The van der Waals surface area contributed by atoms with Crippen molar-refractivity contribution in [3.63, 3.8) is 0 Å². The first kappa shape index (κ1) is 22.4. The van der Waals surface area contributed by atoms with Gasteiger partial charge in [-0.15, -0.1) is 0 Å². The van der Waals surface area contributed by atoms with E-state index in [1.54, 1.807) is 17.0 Å². The van der Waals surface area contributed by atoms with Gasteiger partial charge in [0.25, 0.3) is 0 Å². The smallest absolute Gasteiger partial charge is 0.243 e. The zero-order valence-corrected chi connectivity index (χ0v) is 19.2. The Morgan fingerprint density at radius 2 is 1.72 bits per heavy atom. The van der Waals surface area contributed by atoms with Crippen LogP contribution < -0.4 is 15.5 Å². The molecule has 2 aromatic rings. The predicted octanol–water partition coefficient (Wildman–Crippen LogP) is 2.58. The van der Waals surface area contributed by atoms with Gasteiger partial charge in [0.2, 0.25) is 11.8 Å². The number of nitrogens with zero attached hydrogens (tertiary/aromatic N) is 3. The van der Waals surface area contributed by atoms with E-state index in [2.05, 4.69) is 27.7 Å². The maximum Gasteiger partial charge on any atom is 0.243 e. The van der Waals surface area contributed by atoms with Gasteiger partial charge in [-0.1, -0.05) is 29.8 Å². The standard InChI is InChI=1S/C23H26ClN5O2S/c24-17-6-8-18(9-7-17)26-23(32)29-11-10-25-22(31)20(29)16-21(30)28-14-12-27(13-15-28)19-4-2-1-3-5-19/h1-9,20H,10-16H2,(H,25,31)(H,26,32)/t20-/m1/s1. The summed E-state index contributed by atoms with van der Waals surface area (Å²) in [6.07, 6.45) is 0.0968. The number of amides is 2. The number of nitrogens with one attached hydrogen (secondary N) is 2. The van der Waals surface area contributed by atoms with Crippen molar-refractivity contribution in [3.8, 4) is 0 Å². The van der Waals surface area contributed by atoms with E-state index in [-0.39, 0.29) is 18.2 Å². The number of hydrogen-bond donors (Lipinski definition) is 2. The minimum Gasteiger partial charge on any atom is -0.368 e. The maximum atomic E-state index is 13.0. The van der Waals surface area contributed by atoms with E-state index in [9.17, 15) is 9.59 Å². The molecule has 0 bridgehead atoms. The molecule has 2 heterocycles. The summed E-state index contributed by atoms with van der Waals surface area (Å²) >= 11 is 11.5. The van der Waals surface area contributed by atoms with E-state index in [0.717, 1.165) is 24.5 Å². The molecule has 0 aromatic heterocycles. The Hall–Kier alpha value is -2.84. The second kappa shape index (κ2) is 10.2. The van der Waals surface area contributed by atoms with Gasteiger partial charge >= 0.3 is 0 Å². The van der Waals surface area contributed by atoms with Crippen molar-refractivity contribution in [2.75, 3.05) is 49.5 Å². The molecule has 168 valence electrons. The number of rotatable bonds is 4. The van der Waals surface area contributed by atoms with Crippen molar-refractivity contribution >= 4 is 52.1 Å². The number of para-hydroxylation sites is 1. The van der Waals surface area contributed by atoms with Crippen LogP contribution in [0.3, 0.4) is 0 Å². The van der Waals surface area contributed by atoms with Crippen LogP contribution in [0.4, 0.5) is 11.4 Å². The molecule has 2 amide bonds. The monoisotopic (exact) mass is 471 g/mol. The van der Waals surface area contributed by atoms with Gasteiger partial charge in [0.15, 0.2) is 5.11 Å². The van der Waals surface area contributed by atoms with E-state index in [1.807, 2.05) is 35.2 Å². The molecular formula is C23H26ClN5O2S. The average molecular weight is 472 g/mol. The van der Waals surface area contributed by atoms with Crippen LogP contribution >= 0.6 is 23.8 Å². The van der Waals surface area contributed by atoms with Gasteiger partial charge in [0, 0.05) is 55.7 Å². The molecule has 2 fully saturated rings. The second-order valence-electron chi connectivity index (χ2n) is 7.84. The van der Waals surface area contributed by atoms with Gasteiger partial charge in [-0.3, -0.25) is 9.59 Å². The molecule has 2 aliphatic rings. The summed E-state index contributed by atoms with van der Waals surface area (Å²) in [6.45, 7) is 3.84. The Bertz CT molecular complexity index is 964. The number of hydrogen-bond acceptors (Lipinski definition) is 4. The lowest BCUT2D eigenvalue weighted by Gasteiger charge is -2.39. The molecule has 2 saturated heterocycles. The molecule has 4 rings (SSSR count). The number of thiocarbonyl (C=S) groups is 1. The molecule has 32 heavy (non-hydrogen) atoms. The van der Waals surface area contributed by atoms with Crippen molar-refractivity contribution in [2.45, 2.75) is 12.5 Å². The third kappa shape index (κ3) is 5.31. The van der Waals surface area contributed by atoms with E-state index in [4.69, 9.17) is 23.8 Å². The molecule has 7 nitrogen and oxygen atoms in total. The van der Waals surface area contributed by atoms with Crippen molar-refractivity contribution in [1.29, 1.82) is 0 Å². The van der Waals surface area contributed by atoms with Gasteiger partial charge in [-0.25, -0.2) is 0 Å². The largest absolute Gasteiger partial charge is 0.368 e. The number of carbonyl (C=O) groups excluding carboxylic acids is 2. The molecule has 2 N–H and O–H groups in total. The Morgan fingerprint density at radius 1 is 1.03 bits per heavy atom. The third-order valence-corrected chi connectivity index (χ3v) is 6.40. The zero-order valence-electron chi connectivity index (χ0n) is 17.7. The van der Waals surface area contributed by atoms with Crippen molar-refractivity contribution < 1.29 is 9.59 Å². The predicted molar refractivity (Wildman–Crippen MR) is 131 cm³/mol. The molecule has 1 atom stereocenters. The van der Waals surface area contributed by atoms with Crippen LogP contribution in [0.5, 0.6) is 0 Å². The number of halogens is 1. The third-order valence-electron chi connectivity index (χ3n) is 5.81. The van der Waals surface area contributed by atoms with Crippen molar-refractivity contribution in [2.24, 2.45) is 0 Å². The van der Waals surface area contributed by atoms with Gasteiger partial charge < -0.3 is 25.3 Å². The summed E-state index contributed by atoms with van der Waals surface area (Å²) in [6, 6.07) is 16.8. The molecule has 0 unspecified atom stereocenters. The highest BCUT2D eigenvalue weighted by Crippen LogP contribution is 2.19. The fourth-order valence-electron chi connectivity index (χ4n) is 4.04. The first-order valence-corrected chi connectivity index (χ1v) is 11.5. The fourth-order valence-corrected chi connectivity index (χ4v) is 4.50. The quantitative estimate of drug-likeness (QED) is 0.668. The zero-order chi connectivity index (χ0) is 22.5. The van der Waals surface area contributed by atoms with Crippen LogP contribution in [0.25, 0.3) is 0 Å². The molecule has 0 spiro atoms.